The van der Waals surface area contributed by atoms with Gasteiger partial charge >= 0.3 is 5.97 Å². The molecule has 1 amide bonds. The van der Waals surface area contributed by atoms with Gasteiger partial charge in [-0.05, 0) is 5.92 Å². The molecule has 76 valence electrons. The maximum Gasteiger partial charge on any atom is 0.306 e. The van der Waals surface area contributed by atoms with Crippen LogP contribution in [0.4, 0.5) is 0 Å². The van der Waals surface area contributed by atoms with Crippen LogP contribution in [0.2, 0.25) is 0 Å². The van der Waals surface area contributed by atoms with E-state index in [-0.39, 0.29) is 24.7 Å². The Labute approximate surface area is 78.6 Å². The number of nitrogens with one attached hydrogen (secondary N) is 1. The third-order valence-corrected chi connectivity index (χ3v) is 1.49. The molecular weight excluding hydrogens is 170 g/mol. The summed E-state index contributed by atoms with van der Waals surface area (Å²) in [6.07, 6.45) is 0.361. The first kappa shape index (κ1) is 11.9. The predicted octanol–water partition coefficient (Wildman–Crippen LogP) is 0.712. The van der Waals surface area contributed by atoms with Crippen LogP contribution in [0.15, 0.2) is 0 Å². The van der Waals surface area contributed by atoms with Crippen molar-refractivity contribution in [2.45, 2.75) is 26.7 Å². The zero-order chi connectivity index (χ0) is 10.3. The number of amides is 1. The molecule has 0 aromatic rings. The van der Waals surface area contributed by atoms with Crippen molar-refractivity contribution in [3.05, 3.63) is 0 Å². The van der Waals surface area contributed by atoms with Crippen LogP contribution in [0.1, 0.15) is 26.7 Å². The third-order valence-electron chi connectivity index (χ3n) is 1.49. The molecule has 0 atom stereocenters. The maximum atomic E-state index is 11.0. The lowest BCUT2D eigenvalue weighted by molar-refractivity contribution is -0.142. The summed E-state index contributed by atoms with van der Waals surface area (Å²) in [5.41, 5.74) is 0. The van der Waals surface area contributed by atoms with Crippen molar-refractivity contribution in [1.29, 1.82) is 0 Å². The Morgan fingerprint density at radius 1 is 1.31 bits per heavy atom. The van der Waals surface area contributed by atoms with Crippen LogP contribution < -0.4 is 5.32 Å². The van der Waals surface area contributed by atoms with E-state index in [2.05, 4.69) is 10.1 Å². The fourth-order valence-corrected chi connectivity index (χ4v) is 0.724. The Morgan fingerprint density at radius 3 is 2.38 bits per heavy atom. The Kier molecular flexibility index (Phi) is 5.93. The second-order valence-corrected chi connectivity index (χ2v) is 3.27. The second-order valence-electron chi connectivity index (χ2n) is 3.27. The van der Waals surface area contributed by atoms with Crippen molar-refractivity contribution >= 4 is 11.9 Å². The third kappa shape index (κ3) is 7.31. The molecule has 1 N–H and O–H groups in total. The van der Waals surface area contributed by atoms with Crippen LogP contribution in [0, 0.1) is 5.92 Å². The number of ether oxygens (including phenoxy) is 1. The molecule has 0 rings (SSSR count). The Balaban J connectivity index is 3.46. The van der Waals surface area contributed by atoms with Gasteiger partial charge in [-0.2, -0.15) is 0 Å². The molecule has 0 fully saturated rings. The van der Waals surface area contributed by atoms with Crippen LogP contribution >= 0.6 is 0 Å². The molecule has 0 aromatic carbocycles. The molecule has 0 aromatic heterocycles. The molecule has 0 heterocycles. The molecule has 4 nitrogen and oxygen atoms in total. The van der Waals surface area contributed by atoms with Crippen LogP contribution in [0.3, 0.4) is 0 Å². The highest BCUT2D eigenvalue weighted by Crippen LogP contribution is 1.93. The van der Waals surface area contributed by atoms with E-state index in [9.17, 15) is 9.59 Å². The number of carbonyl (C=O) groups is 2. The molecule has 13 heavy (non-hydrogen) atoms. The fraction of sp³-hybridized carbons (Fsp3) is 0.778. The minimum absolute atomic E-state index is 0.0981. The van der Waals surface area contributed by atoms with Gasteiger partial charge in [0.05, 0.1) is 13.5 Å². The summed E-state index contributed by atoms with van der Waals surface area (Å²) in [5, 5.41) is 2.71. The van der Waals surface area contributed by atoms with Gasteiger partial charge in [-0.15, -0.1) is 0 Å². The maximum absolute atomic E-state index is 11.0. The summed E-state index contributed by atoms with van der Waals surface area (Å²) in [6.45, 7) is 4.68. The van der Waals surface area contributed by atoms with Gasteiger partial charge in [-0.3, -0.25) is 9.59 Å². The highest BCUT2D eigenvalue weighted by molar-refractivity contribution is 5.81. The minimum Gasteiger partial charge on any atom is -0.469 e. The molecule has 0 unspecified atom stereocenters. The van der Waals surface area contributed by atoms with Crippen molar-refractivity contribution in [2.24, 2.45) is 5.92 Å². The van der Waals surface area contributed by atoms with Crippen molar-refractivity contribution in [3.8, 4) is 0 Å². The number of methoxy groups -OCH3 is 1. The van der Waals surface area contributed by atoms with E-state index in [1.165, 1.54) is 7.11 Å². The van der Waals surface area contributed by atoms with E-state index in [0.29, 0.717) is 12.5 Å². The van der Waals surface area contributed by atoms with Gasteiger partial charge in [0.1, 0.15) is 0 Å². The molecule has 0 aliphatic carbocycles. The fourth-order valence-electron chi connectivity index (χ4n) is 0.724. The molecule has 0 saturated carbocycles. The highest BCUT2D eigenvalue weighted by Gasteiger charge is 2.06. The number of hydrogen-bond acceptors (Lipinski definition) is 3. The number of hydrogen-bond donors (Lipinski definition) is 1. The van der Waals surface area contributed by atoms with Crippen LogP contribution in [0.5, 0.6) is 0 Å². The van der Waals surface area contributed by atoms with Crippen LogP contribution in [0.25, 0.3) is 0 Å². The quantitative estimate of drug-likeness (QED) is 0.645. The smallest absolute Gasteiger partial charge is 0.306 e. The summed E-state index contributed by atoms with van der Waals surface area (Å²) >= 11 is 0. The zero-order valence-electron chi connectivity index (χ0n) is 8.42. The number of carbonyl (C=O) groups excluding carboxylic acids is 2. The number of esters is 1. The lowest BCUT2D eigenvalue weighted by Crippen LogP contribution is -2.27. The summed E-state index contributed by atoms with van der Waals surface area (Å²) in [5.74, 6) is -0.0131. The first-order valence-corrected chi connectivity index (χ1v) is 4.39. The molecule has 0 spiro atoms. The summed E-state index contributed by atoms with van der Waals surface area (Å²) in [4.78, 5) is 21.7. The van der Waals surface area contributed by atoms with Crippen LogP contribution in [-0.2, 0) is 14.3 Å². The Bertz CT molecular complexity index is 178. The van der Waals surface area contributed by atoms with E-state index in [0.717, 1.165) is 0 Å². The topological polar surface area (TPSA) is 55.4 Å². The SMILES string of the molecule is COC(=O)CCC(=O)NCC(C)C. The summed E-state index contributed by atoms with van der Waals surface area (Å²) in [6, 6.07) is 0. The van der Waals surface area contributed by atoms with Crippen LogP contribution in [-0.4, -0.2) is 25.5 Å². The largest absolute Gasteiger partial charge is 0.469 e. The number of rotatable bonds is 5. The lowest BCUT2D eigenvalue weighted by Gasteiger charge is -2.06. The van der Waals surface area contributed by atoms with E-state index in [4.69, 9.17) is 0 Å². The zero-order valence-corrected chi connectivity index (χ0v) is 8.42. The molecular formula is C9H17NO3. The average Bonchev–Trinajstić information content (AvgIpc) is 2.10. The van der Waals surface area contributed by atoms with Gasteiger partial charge in [-0.25, -0.2) is 0 Å². The van der Waals surface area contributed by atoms with Crippen molar-refractivity contribution in [2.75, 3.05) is 13.7 Å². The van der Waals surface area contributed by atoms with Gasteiger partial charge in [0.15, 0.2) is 0 Å². The van der Waals surface area contributed by atoms with Gasteiger partial charge in [-0.1, -0.05) is 13.8 Å². The van der Waals surface area contributed by atoms with Gasteiger partial charge < -0.3 is 10.1 Å². The van der Waals surface area contributed by atoms with Crippen molar-refractivity contribution in [1.82, 2.24) is 5.32 Å². The van der Waals surface area contributed by atoms with Crippen molar-refractivity contribution in [3.63, 3.8) is 0 Å². The molecule has 0 aliphatic heterocycles. The summed E-state index contributed by atoms with van der Waals surface area (Å²) < 4.78 is 4.41. The van der Waals surface area contributed by atoms with Gasteiger partial charge in [0.25, 0.3) is 0 Å². The van der Waals surface area contributed by atoms with E-state index in [1.807, 2.05) is 13.8 Å². The van der Waals surface area contributed by atoms with Gasteiger partial charge in [0.2, 0.25) is 5.91 Å². The van der Waals surface area contributed by atoms with E-state index < -0.39 is 0 Å². The normalized spacial score (nSPS) is 9.85. The van der Waals surface area contributed by atoms with E-state index >= 15 is 0 Å². The molecule has 0 saturated heterocycles. The monoisotopic (exact) mass is 187 g/mol. The molecule has 0 aliphatic rings. The van der Waals surface area contributed by atoms with Gasteiger partial charge in [0, 0.05) is 13.0 Å². The second kappa shape index (κ2) is 6.46. The average molecular weight is 187 g/mol. The predicted molar refractivity (Wildman–Crippen MR) is 49.1 cm³/mol. The highest BCUT2D eigenvalue weighted by atomic mass is 16.5. The standard InChI is InChI=1S/C9H17NO3/c1-7(2)6-10-8(11)4-5-9(12)13-3/h7H,4-6H2,1-3H3,(H,10,11). The Hall–Kier alpha value is -1.06. The van der Waals surface area contributed by atoms with Crippen molar-refractivity contribution < 1.29 is 14.3 Å². The summed E-state index contributed by atoms with van der Waals surface area (Å²) in [7, 11) is 1.31. The Morgan fingerprint density at radius 2 is 1.92 bits per heavy atom. The first-order valence-electron chi connectivity index (χ1n) is 4.39. The first-order chi connectivity index (χ1) is 6.06. The lowest BCUT2D eigenvalue weighted by atomic mass is 10.2. The molecule has 0 bridgehead atoms. The minimum atomic E-state index is -0.348. The molecule has 4 heteroatoms. The van der Waals surface area contributed by atoms with E-state index in [1.54, 1.807) is 0 Å². The molecule has 0 radical (unpaired) electrons.